The maximum atomic E-state index is 4.99. The Balaban J connectivity index is 1.77. The second-order valence-corrected chi connectivity index (χ2v) is 7.94. The number of benzene rings is 1. The molecule has 2 unspecified atom stereocenters. The van der Waals surface area contributed by atoms with Gasteiger partial charge in [0, 0.05) is 22.1 Å². The molecule has 1 aromatic heterocycles. The Morgan fingerprint density at radius 2 is 1.91 bits per heavy atom. The van der Waals surface area contributed by atoms with Gasteiger partial charge in [-0.1, -0.05) is 39.0 Å². The Hall–Kier alpha value is -2.03. The van der Waals surface area contributed by atoms with E-state index in [1.54, 1.807) is 6.33 Å². The maximum absolute atomic E-state index is 4.99. The second kappa shape index (κ2) is 4.08. The van der Waals surface area contributed by atoms with Gasteiger partial charge in [0.1, 0.15) is 6.33 Å². The normalized spacial score (nSPS) is 30.9. The number of nitrogens with zero attached hydrogens (tertiary/aromatic N) is 3. The van der Waals surface area contributed by atoms with E-state index in [-0.39, 0.29) is 5.41 Å². The van der Waals surface area contributed by atoms with Crippen LogP contribution in [-0.4, -0.2) is 22.2 Å². The largest absolute Gasteiger partial charge is 0.284 e. The molecule has 0 N–H and O–H groups in total. The molecule has 2 saturated carbocycles. The van der Waals surface area contributed by atoms with Gasteiger partial charge in [-0.05, 0) is 35.8 Å². The number of allylic oxidation sites excluding steroid dienone is 1. The van der Waals surface area contributed by atoms with Gasteiger partial charge in [0.05, 0.1) is 17.8 Å². The third-order valence-corrected chi connectivity index (χ3v) is 6.90. The standard InChI is InChI=1S/C20H21N3/c1-19(2)14-8-9-20(19,3)18-16(14)13(10-21-18)17-12-6-4-5-7-15(12)22-11-23-17/h4-7,11,14H,8-10H2,1-3H3. The van der Waals surface area contributed by atoms with Crippen molar-refractivity contribution in [2.24, 2.45) is 21.7 Å². The Morgan fingerprint density at radius 3 is 2.78 bits per heavy atom. The van der Waals surface area contributed by atoms with Crippen LogP contribution in [0.25, 0.3) is 16.5 Å². The summed E-state index contributed by atoms with van der Waals surface area (Å²) in [6.45, 7) is 8.05. The average molecular weight is 303 g/mol. The SMILES string of the molecule is CC12CCC(C3=C(c4ncnc5ccccc45)CN=C31)C2(C)C. The highest BCUT2D eigenvalue weighted by atomic mass is 14.9. The van der Waals surface area contributed by atoms with Crippen molar-refractivity contribution in [2.45, 2.75) is 33.6 Å². The van der Waals surface area contributed by atoms with Crippen molar-refractivity contribution in [3.63, 3.8) is 0 Å². The molecule has 23 heavy (non-hydrogen) atoms. The first kappa shape index (κ1) is 13.4. The smallest absolute Gasteiger partial charge is 0.116 e. The van der Waals surface area contributed by atoms with Gasteiger partial charge in [0.15, 0.2) is 0 Å². The summed E-state index contributed by atoms with van der Waals surface area (Å²) < 4.78 is 0. The van der Waals surface area contributed by atoms with Crippen LogP contribution >= 0.6 is 0 Å². The van der Waals surface area contributed by atoms with Gasteiger partial charge < -0.3 is 0 Å². The van der Waals surface area contributed by atoms with E-state index in [1.807, 2.05) is 6.07 Å². The quantitative estimate of drug-likeness (QED) is 0.788. The number of aromatic nitrogens is 2. The first-order chi connectivity index (χ1) is 11.0. The van der Waals surface area contributed by atoms with E-state index in [2.05, 4.69) is 48.9 Å². The predicted molar refractivity (Wildman–Crippen MR) is 93.4 cm³/mol. The monoisotopic (exact) mass is 303 g/mol. The molecule has 1 aliphatic heterocycles. The van der Waals surface area contributed by atoms with Crippen LogP contribution in [0.2, 0.25) is 0 Å². The summed E-state index contributed by atoms with van der Waals surface area (Å²) >= 11 is 0. The summed E-state index contributed by atoms with van der Waals surface area (Å²) in [7, 11) is 0. The van der Waals surface area contributed by atoms with Crippen molar-refractivity contribution in [1.29, 1.82) is 0 Å². The zero-order chi connectivity index (χ0) is 15.8. The highest BCUT2D eigenvalue weighted by Gasteiger charge is 2.63. The number of fused-ring (bicyclic) bond motifs is 6. The fraction of sp³-hybridized carbons (Fsp3) is 0.450. The van der Waals surface area contributed by atoms with Gasteiger partial charge in [-0.2, -0.15) is 0 Å². The number of para-hydroxylation sites is 1. The fourth-order valence-electron chi connectivity index (χ4n) is 5.20. The molecule has 0 radical (unpaired) electrons. The average Bonchev–Trinajstić information content (AvgIpc) is 3.13. The van der Waals surface area contributed by atoms with Crippen molar-refractivity contribution in [2.75, 3.05) is 6.54 Å². The zero-order valence-electron chi connectivity index (χ0n) is 13.9. The van der Waals surface area contributed by atoms with Crippen molar-refractivity contribution < 1.29 is 0 Å². The first-order valence-corrected chi connectivity index (χ1v) is 8.52. The van der Waals surface area contributed by atoms with Gasteiger partial charge in [-0.3, -0.25) is 4.99 Å². The molecule has 2 fully saturated rings. The summed E-state index contributed by atoms with van der Waals surface area (Å²) in [5.74, 6) is 0.623. The van der Waals surface area contributed by atoms with Gasteiger partial charge in [0.2, 0.25) is 0 Å². The van der Waals surface area contributed by atoms with Crippen LogP contribution in [-0.2, 0) is 0 Å². The molecule has 3 nitrogen and oxygen atoms in total. The highest BCUT2D eigenvalue weighted by molar-refractivity contribution is 6.17. The number of hydrogen-bond donors (Lipinski definition) is 0. The van der Waals surface area contributed by atoms with E-state index in [4.69, 9.17) is 4.99 Å². The zero-order valence-corrected chi connectivity index (χ0v) is 13.9. The molecular formula is C20H21N3. The molecule has 3 aliphatic rings. The van der Waals surface area contributed by atoms with Gasteiger partial charge in [-0.25, -0.2) is 9.97 Å². The number of rotatable bonds is 1. The van der Waals surface area contributed by atoms with E-state index < -0.39 is 0 Å². The van der Waals surface area contributed by atoms with Crippen molar-refractivity contribution in [3.05, 3.63) is 41.9 Å². The minimum atomic E-state index is 0.234. The molecule has 1 aromatic carbocycles. The van der Waals surface area contributed by atoms with Gasteiger partial charge in [0.25, 0.3) is 0 Å². The summed E-state index contributed by atoms with van der Waals surface area (Å²) in [5, 5.41) is 1.15. The van der Waals surface area contributed by atoms with Crippen LogP contribution in [0.15, 0.2) is 41.2 Å². The third kappa shape index (κ3) is 1.44. The summed E-state index contributed by atoms with van der Waals surface area (Å²) in [4.78, 5) is 14.1. The van der Waals surface area contributed by atoms with Crippen LogP contribution < -0.4 is 0 Å². The van der Waals surface area contributed by atoms with Gasteiger partial charge >= 0.3 is 0 Å². The van der Waals surface area contributed by atoms with Crippen molar-refractivity contribution >= 4 is 22.2 Å². The van der Waals surface area contributed by atoms with E-state index in [9.17, 15) is 0 Å². The van der Waals surface area contributed by atoms with Crippen LogP contribution in [0, 0.1) is 16.7 Å². The van der Waals surface area contributed by atoms with Crippen molar-refractivity contribution in [3.8, 4) is 0 Å². The van der Waals surface area contributed by atoms with Crippen LogP contribution in [0.3, 0.4) is 0 Å². The maximum Gasteiger partial charge on any atom is 0.116 e. The molecular weight excluding hydrogens is 282 g/mol. The molecule has 2 aromatic rings. The topological polar surface area (TPSA) is 38.1 Å². The molecule has 2 atom stereocenters. The summed E-state index contributed by atoms with van der Waals surface area (Å²) in [6, 6.07) is 8.31. The number of hydrogen-bond acceptors (Lipinski definition) is 3. The number of aliphatic imine (C=N–C) groups is 1. The molecule has 0 saturated heterocycles. The molecule has 3 heteroatoms. The Labute approximate surface area is 136 Å². The second-order valence-electron chi connectivity index (χ2n) is 7.94. The van der Waals surface area contributed by atoms with E-state index >= 15 is 0 Å². The first-order valence-electron chi connectivity index (χ1n) is 8.52. The molecule has 5 rings (SSSR count). The summed E-state index contributed by atoms with van der Waals surface area (Å²) in [5.41, 5.74) is 6.88. The molecule has 2 heterocycles. The van der Waals surface area contributed by atoms with Crippen LogP contribution in [0.1, 0.15) is 39.3 Å². The van der Waals surface area contributed by atoms with Crippen molar-refractivity contribution in [1.82, 2.24) is 9.97 Å². The van der Waals surface area contributed by atoms with Crippen LogP contribution in [0.5, 0.6) is 0 Å². The molecule has 0 spiro atoms. The lowest BCUT2D eigenvalue weighted by atomic mass is 9.70. The lowest BCUT2D eigenvalue weighted by molar-refractivity contribution is 0.202. The van der Waals surface area contributed by atoms with Gasteiger partial charge in [-0.15, -0.1) is 0 Å². The lowest BCUT2D eigenvalue weighted by Crippen LogP contribution is -2.32. The fourth-order valence-corrected chi connectivity index (χ4v) is 5.20. The predicted octanol–water partition coefficient (Wildman–Crippen LogP) is 4.29. The molecule has 2 bridgehead atoms. The minimum absolute atomic E-state index is 0.234. The Bertz CT molecular complexity index is 901. The Kier molecular flexibility index (Phi) is 2.38. The molecule has 0 amide bonds. The lowest BCUT2D eigenvalue weighted by Gasteiger charge is -2.33. The molecule has 116 valence electrons. The summed E-state index contributed by atoms with van der Waals surface area (Å²) in [6.07, 6.45) is 4.25. The van der Waals surface area contributed by atoms with E-state index in [0.717, 1.165) is 23.1 Å². The minimum Gasteiger partial charge on any atom is -0.284 e. The third-order valence-electron chi connectivity index (χ3n) is 6.90. The highest BCUT2D eigenvalue weighted by Crippen LogP contribution is 2.68. The van der Waals surface area contributed by atoms with E-state index in [0.29, 0.717) is 11.3 Å². The Morgan fingerprint density at radius 1 is 1.09 bits per heavy atom. The van der Waals surface area contributed by atoms with Crippen LogP contribution in [0.4, 0.5) is 0 Å². The van der Waals surface area contributed by atoms with E-state index in [1.165, 1.54) is 29.7 Å². The molecule has 2 aliphatic carbocycles.